The quantitative estimate of drug-likeness (QED) is 0.914. The van der Waals surface area contributed by atoms with Crippen molar-refractivity contribution in [2.75, 3.05) is 11.1 Å². The number of halogens is 2. The lowest BCUT2D eigenvalue weighted by Gasteiger charge is -2.07. The van der Waals surface area contributed by atoms with Crippen LogP contribution in [0, 0.1) is 5.82 Å². The Morgan fingerprint density at radius 2 is 2.20 bits per heavy atom. The highest BCUT2D eigenvalue weighted by molar-refractivity contribution is 6.31. The topological polar surface area (TPSA) is 72.9 Å². The monoisotopic (exact) mass is 296 g/mol. The SMILES string of the molecule is CCc1nn(C)c(C(=O)Nc2cc(F)cc(Cl)c2)c1N. The molecule has 1 heterocycles. The largest absolute Gasteiger partial charge is 0.395 e. The predicted molar refractivity (Wildman–Crippen MR) is 76.4 cm³/mol. The maximum Gasteiger partial charge on any atom is 0.276 e. The summed E-state index contributed by atoms with van der Waals surface area (Å²) in [6, 6.07) is 3.79. The number of nitrogens with two attached hydrogens (primary N) is 1. The third-order valence-corrected chi connectivity index (χ3v) is 3.05. The van der Waals surface area contributed by atoms with Gasteiger partial charge in [-0.15, -0.1) is 0 Å². The molecule has 2 aromatic rings. The number of hydrogen-bond donors (Lipinski definition) is 2. The minimum absolute atomic E-state index is 0.201. The molecule has 0 aliphatic rings. The normalized spacial score (nSPS) is 10.6. The second-order valence-corrected chi connectivity index (χ2v) is 4.73. The van der Waals surface area contributed by atoms with Crippen LogP contribution >= 0.6 is 11.6 Å². The van der Waals surface area contributed by atoms with Gasteiger partial charge in [-0.1, -0.05) is 18.5 Å². The zero-order valence-corrected chi connectivity index (χ0v) is 11.8. The van der Waals surface area contributed by atoms with Gasteiger partial charge in [0.05, 0.1) is 11.4 Å². The summed E-state index contributed by atoms with van der Waals surface area (Å²) in [5.41, 5.74) is 7.36. The number of nitrogens with zero attached hydrogens (tertiary/aromatic N) is 2. The maximum absolute atomic E-state index is 13.2. The highest BCUT2D eigenvalue weighted by Gasteiger charge is 2.19. The van der Waals surface area contributed by atoms with Crippen LogP contribution in [0.1, 0.15) is 23.1 Å². The van der Waals surface area contributed by atoms with Crippen molar-refractivity contribution < 1.29 is 9.18 Å². The van der Waals surface area contributed by atoms with Crippen molar-refractivity contribution in [3.05, 3.63) is 40.4 Å². The molecule has 1 aromatic carbocycles. The van der Waals surface area contributed by atoms with E-state index in [1.165, 1.54) is 16.8 Å². The van der Waals surface area contributed by atoms with Gasteiger partial charge < -0.3 is 11.1 Å². The predicted octanol–water partition coefficient (Wildman–Crippen LogP) is 2.61. The Bertz CT molecular complexity index is 648. The van der Waals surface area contributed by atoms with E-state index in [4.69, 9.17) is 17.3 Å². The van der Waals surface area contributed by atoms with Crippen molar-refractivity contribution >= 4 is 28.9 Å². The summed E-state index contributed by atoms with van der Waals surface area (Å²) in [6.45, 7) is 1.90. The first-order chi connectivity index (χ1) is 9.42. The molecule has 0 spiro atoms. The van der Waals surface area contributed by atoms with Gasteiger partial charge in [-0.25, -0.2) is 4.39 Å². The molecule has 0 saturated carbocycles. The molecule has 1 amide bonds. The number of anilines is 2. The molecule has 7 heteroatoms. The summed E-state index contributed by atoms with van der Waals surface area (Å²) < 4.78 is 14.6. The van der Waals surface area contributed by atoms with E-state index in [0.717, 1.165) is 6.07 Å². The van der Waals surface area contributed by atoms with Crippen LogP contribution in [0.4, 0.5) is 15.8 Å². The minimum atomic E-state index is -0.528. The van der Waals surface area contributed by atoms with Crippen LogP contribution in [0.15, 0.2) is 18.2 Å². The lowest BCUT2D eigenvalue weighted by Crippen LogP contribution is -2.17. The van der Waals surface area contributed by atoms with E-state index in [9.17, 15) is 9.18 Å². The molecule has 0 unspecified atom stereocenters. The Morgan fingerprint density at radius 1 is 1.50 bits per heavy atom. The average Bonchev–Trinajstić information content (AvgIpc) is 2.62. The van der Waals surface area contributed by atoms with Gasteiger partial charge in [-0.05, 0) is 24.6 Å². The molecule has 0 atom stereocenters. The number of nitrogens with one attached hydrogen (secondary N) is 1. The molecular weight excluding hydrogens is 283 g/mol. The lowest BCUT2D eigenvalue weighted by atomic mass is 10.2. The van der Waals surface area contributed by atoms with Crippen LogP contribution < -0.4 is 11.1 Å². The molecule has 20 heavy (non-hydrogen) atoms. The smallest absolute Gasteiger partial charge is 0.276 e. The first-order valence-electron chi connectivity index (χ1n) is 6.01. The van der Waals surface area contributed by atoms with Crippen LogP contribution in [0.5, 0.6) is 0 Å². The molecule has 0 radical (unpaired) electrons. The van der Waals surface area contributed by atoms with Crippen molar-refractivity contribution in [1.82, 2.24) is 9.78 Å². The molecule has 5 nitrogen and oxygen atoms in total. The minimum Gasteiger partial charge on any atom is -0.395 e. The van der Waals surface area contributed by atoms with E-state index in [1.807, 2.05) is 6.92 Å². The summed E-state index contributed by atoms with van der Waals surface area (Å²) in [7, 11) is 1.63. The van der Waals surface area contributed by atoms with E-state index >= 15 is 0 Å². The number of hydrogen-bond acceptors (Lipinski definition) is 3. The van der Waals surface area contributed by atoms with Gasteiger partial charge in [0.1, 0.15) is 11.5 Å². The van der Waals surface area contributed by atoms with E-state index < -0.39 is 11.7 Å². The van der Waals surface area contributed by atoms with Crippen LogP contribution in [-0.2, 0) is 13.5 Å². The van der Waals surface area contributed by atoms with Gasteiger partial charge in [0.2, 0.25) is 0 Å². The molecule has 0 aliphatic heterocycles. The fourth-order valence-corrected chi connectivity index (χ4v) is 2.16. The fourth-order valence-electron chi connectivity index (χ4n) is 1.94. The zero-order chi connectivity index (χ0) is 14.9. The number of amides is 1. The first kappa shape index (κ1) is 14.3. The maximum atomic E-state index is 13.2. The van der Waals surface area contributed by atoms with Crippen molar-refractivity contribution in [3.63, 3.8) is 0 Å². The standard InChI is InChI=1S/C13H14ClFN4O/c1-3-10-11(16)12(19(2)18-10)13(20)17-9-5-7(14)4-8(15)6-9/h4-6H,3,16H2,1-2H3,(H,17,20). The highest BCUT2D eigenvalue weighted by atomic mass is 35.5. The van der Waals surface area contributed by atoms with E-state index in [-0.39, 0.29) is 16.4 Å². The third-order valence-electron chi connectivity index (χ3n) is 2.83. The van der Waals surface area contributed by atoms with Gasteiger partial charge in [-0.3, -0.25) is 9.48 Å². The second-order valence-electron chi connectivity index (χ2n) is 4.30. The van der Waals surface area contributed by atoms with Gasteiger partial charge in [-0.2, -0.15) is 5.10 Å². The van der Waals surface area contributed by atoms with E-state index in [2.05, 4.69) is 10.4 Å². The van der Waals surface area contributed by atoms with Crippen LogP contribution in [0.25, 0.3) is 0 Å². The van der Waals surface area contributed by atoms with Gasteiger partial charge >= 0.3 is 0 Å². The molecule has 0 aliphatic carbocycles. The Labute approximate surface area is 120 Å². The molecule has 0 saturated heterocycles. The van der Waals surface area contributed by atoms with Crippen LogP contribution in [0.2, 0.25) is 5.02 Å². The van der Waals surface area contributed by atoms with Crippen molar-refractivity contribution in [2.45, 2.75) is 13.3 Å². The summed E-state index contributed by atoms with van der Waals surface area (Å²) in [5.74, 6) is -0.987. The number of aromatic nitrogens is 2. The van der Waals surface area contributed by atoms with E-state index in [1.54, 1.807) is 7.05 Å². The van der Waals surface area contributed by atoms with Gasteiger partial charge in [0, 0.05) is 17.8 Å². The number of carbonyl (C=O) groups is 1. The fraction of sp³-hybridized carbons (Fsp3) is 0.231. The molecule has 0 bridgehead atoms. The van der Waals surface area contributed by atoms with Crippen LogP contribution in [-0.4, -0.2) is 15.7 Å². The summed E-state index contributed by atoms with van der Waals surface area (Å²) >= 11 is 5.74. The zero-order valence-electron chi connectivity index (χ0n) is 11.1. The number of nitrogen functional groups attached to an aromatic ring is 1. The Balaban J connectivity index is 2.30. The average molecular weight is 297 g/mol. The Morgan fingerprint density at radius 3 is 2.75 bits per heavy atom. The third kappa shape index (κ3) is 2.75. The molecular formula is C13H14ClFN4O. The second kappa shape index (κ2) is 5.50. The number of rotatable bonds is 3. The van der Waals surface area contributed by atoms with E-state index in [0.29, 0.717) is 17.8 Å². The van der Waals surface area contributed by atoms with Crippen molar-refractivity contribution in [1.29, 1.82) is 0 Å². The number of aryl methyl sites for hydroxylation is 2. The highest BCUT2D eigenvalue weighted by Crippen LogP contribution is 2.21. The molecule has 2 rings (SSSR count). The summed E-state index contributed by atoms with van der Waals surface area (Å²) in [5, 5.41) is 6.91. The van der Waals surface area contributed by atoms with Gasteiger partial charge in [0.15, 0.2) is 0 Å². The first-order valence-corrected chi connectivity index (χ1v) is 6.39. The van der Waals surface area contributed by atoms with Crippen molar-refractivity contribution in [2.24, 2.45) is 7.05 Å². The number of benzene rings is 1. The molecule has 0 fully saturated rings. The Hall–Kier alpha value is -2.08. The number of carbonyl (C=O) groups excluding carboxylic acids is 1. The molecule has 1 aromatic heterocycles. The lowest BCUT2D eigenvalue weighted by molar-refractivity contribution is 0.101. The molecule has 106 valence electrons. The summed E-state index contributed by atoms with van der Waals surface area (Å²) in [4.78, 5) is 12.2. The summed E-state index contributed by atoms with van der Waals surface area (Å²) in [6.07, 6.45) is 0.624. The van der Waals surface area contributed by atoms with Crippen molar-refractivity contribution in [3.8, 4) is 0 Å². The molecule has 3 N–H and O–H groups in total. The van der Waals surface area contributed by atoms with Gasteiger partial charge in [0.25, 0.3) is 5.91 Å². The Kier molecular flexibility index (Phi) is 3.94. The van der Waals surface area contributed by atoms with Crippen LogP contribution in [0.3, 0.4) is 0 Å².